The van der Waals surface area contributed by atoms with Crippen LogP contribution in [0.1, 0.15) is 28.6 Å². The van der Waals surface area contributed by atoms with Crippen molar-refractivity contribution in [1.29, 1.82) is 0 Å². The number of aromatic nitrogens is 1. The van der Waals surface area contributed by atoms with Crippen LogP contribution in [0.3, 0.4) is 0 Å². The fraction of sp³-hybridized carbons (Fsp3) is 0.200. The lowest BCUT2D eigenvalue weighted by Gasteiger charge is -2.11. The van der Waals surface area contributed by atoms with Crippen molar-refractivity contribution in [3.8, 4) is 0 Å². The molecule has 0 aliphatic carbocycles. The minimum absolute atomic E-state index is 0.238. The van der Waals surface area contributed by atoms with Gasteiger partial charge in [0.05, 0.1) is 12.8 Å². The molecule has 0 bridgehead atoms. The van der Waals surface area contributed by atoms with Gasteiger partial charge in [-0.05, 0) is 66.9 Å². The van der Waals surface area contributed by atoms with E-state index in [1.54, 1.807) is 24.3 Å². The molecule has 2 heterocycles. The number of benzene rings is 2. The number of carbonyl (C=O) groups is 1. The number of furan rings is 1. The number of halogens is 1. The summed E-state index contributed by atoms with van der Waals surface area (Å²) in [6.45, 7) is 3.89. The van der Waals surface area contributed by atoms with E-state index >= 15 is 0 Å². The molecule has 7 nitrogen and oxygen atoms in total. The molecular formula is C25H26FN5O2. The first-order valence-electron chi connectivity index (χ1n) is 10.8. The molecule has 1 amide bonds. The largest absolute Gasteiger partial charge is 0.459 e. The van der Waals surface area contributed by atoms with Crippen LogP contribution in [-0.4, -0.2) is 29.9 Å². The second-order valence-electron chi connectivity index (χ2n) is 7.50. The molecule has 4 N–H and O–H groups in total. The summed E-state index contributed by atoms with van der Waals surface area (Å²) < 4.78 is 18.7. The molecule has 33 heavy (non-hydrogen) atoms. The van der Waals surface area contributed by atoms with Crippen molar-refractivity contribution in [3.63, 3.8) is 0 Å². The first-order chi connectivity index (χ1) is 16.1. The predicted octanol–water partition coefficient (Wildman–Crippen LogP) is 4.45. The number of carbonyl (C=O) groups excluding carboxylic acids is 1. The summed E-state index contributed by atoms with van der Waals surface area (Å²) in [7, 11) is 0. The Morgan fingerprint density at radius 1 is 1.12 bits per heavy atom. The molecule has 4 aromatic rings. The van der Waals surface area contributed by atoms with Crippen LogP contribution in [0.5, 0.6) is 0 Å². The maximum absolute atomic E-state index is 13.6. The SMILES string of the molecule is CCNC(=NCc1ccc(NC(=O)c2ccco2)cc1)NCCc1c[nH]c2ccc(F)cc12. The van der Waals surface area contributed by atoms with Gasteiger partial charge in [0, 0.05) is 35.9 Å². The third-order valence-corrected chi connectivity index (χ3v) is 5.14. The molecule has 2 aromatic heterocycles. The maximum Gasteiger partial charge on any atom is 0.291 e. The van der Waals surface area contributed by atoms with Gasteiger partial charge < -0.3 is 25.4 Å². The van der Waals surface area contributed by atoms with Gasteiger partial charge in [-0.25, -0.2) is 9.38 Å². The van der Waals surface area contributed by atoms with E-state index in [1.165, 1.54) is 12.3 Å². The first-order valence-corrected chi connectivity index (χ1v) is 10.8. The van der Waals surface area contributed by atoms with E-state index in [9.17, 15) is 9.18 Å². The quantitative estimate of drug-likeness (QED) is 0.237. The van der Waals surface area contributed by atoms with Crippen LogP contribution in [0.15, 0.2) is 76.5 Å². The Labute approximate surface area is 191 Å². The van der Waals surface area contributed by atoms with Crippen LogP contribution in [0.2, 0.25) is 0 Å². The van der Waals surface area contributed by atoms with E-state index in [2.05, 4.69) is 25.9 Å². The van der Waals surface area contributed by atoms with Gasteiger partial charge in [-0.3, -0.25) is 4.79 Å². The Hall–Kier alpha value is -4.07. The highest BCUT2D eigenvalue weighted by Gasteiger charge is 2.09. The average molecular weight is 448 g/mol. The number of nitrogens with one attached hydrogen (secondary N) is 4. The lowest BCUT2D eigenvalue weighted by molar-refractivity contribution is 0.0996. The summed E-state index contributed by atoms with van der Waals surface area (Å²) >= 11 is 0. The number of aliphatic imine (C=N–C) groups is 1. The third kappa shape index (κ3) is 5.79. The molecule has 170 valence electrons. The maximum atomic E-state index is 13.6. The molecule has 0 saturated carbocycles. The zero-order valence-corrected chi connectivity index (χ0v) is 18.3. The van der Waals surface area contributed by atoms with Gasteiger partial charge in [0.2, 0.25) is 0 Å². The van der Waals surface area contributed by atoms with E-state index in [0.29, 0.717) is 24.7 Å². The minimum Gasteiger partial charge on any atom is -0.459 e. The normalized spacial score (nSPS) is 11.5. The topological polar surface area (TPSA) is 94.4 Å². The van der Waals surface area contributed by atoms with Gasteiger partial charge in [0.25, 0.3) is 5.91 Å². The van der Waals surface area contributed by atoms with Crippen molar-refractivity contribution in [2.45, 2.75) is 19.9 Å². The predicted molar refractivity (Wildman–Crippen MR) is 128 cm³/mol. The second kappa shape index (κ2) is 10.5. The number of guanidine groups is 1. The third-order valence-electron chi connectivity index (χ3n) is 5.14. The van der Waals surface area contributed by atoms with Crippen molar-refractivity contribution in [3.05, 3.63) is 89.8 Å². The van der Waals surface area contributed by atoms with E-state index in [0.717, 1.165) is 35.0 Å². The smallest absolute Gasteiger partial charge is 0.291 e. The van der Waals surface area contributed by atoms with Crippen LogP contribution >= 0.6 is 0 Å². The van der Waals surface area contributed by atoms with Gasteiger partial charge in [0.1, 0.15) is 5.82 Å². The monoisotopic (exact) mass is 447 g/mol. The molecule has 4 rings (SSSR count). The standard InChI is InChI=1S/C25H26FN5O2/c1-2-27-25(28-12-11-18-16-29-22-10-7-19(26)14-21(18)22)30-15-17-5-8-20(9-6-17)31-24(32)23-4-3-13-33-23/h3-10,13-14,16,29H,2,11-12,15H2,1H3,(H,31,32)(H2,27,28,30). The summed E-state index contributed by atoms with van der Waals surface area (Å²) in [5.41, 5.74) is 3.68. The number of amides is 1. The highest BCUT2D eigenvalue weighted by Crippen LogP contribution is 2.19. The Morgan fingerprint density at radius 2 is 1.97 bits per heavy atom. The summed E-state index contributed by atoms with van der Waals surface area (Å²) in [6.07, 6.45) is 4.12. The van der Waals surface area contributed by atoms with Gasteiger partial charge in [-0.1, -0.05) is 12.1 Å². The van der Waals surface area contributed by atoms with Crippen molar-refractivity contribution in [2.75, 3.05) is 18.4 Å². The Bertz CT molecular complexity index is 1230. The van der Waals surface area contributed by atoms with Crippen molar-refractivity contribution in [1.82, 2.24) is 15.6 Å². The number of hydrogen-bond acceptors (Lipinski definition) is 3. The van der Waals surface area contributed by atoms with Gasteiger partial charge in [-0.2, -0.15) is 0 Å². The zero-order chi connectivity index (χ0) is 23.0. The van der Waals surface area contributed by atoms with Crippen molar-refractivity contribution < 1.29 is 13.6 Å². The molecule has 0 unspecified atom stereocenters. The Kier molecular flexibility index (Phi) is 7.04. The van der Waals surface area contributed by atoms with E-state index < -0.39 is 0 Å². The number of nitrogens with zero attached hydrogens (tertiary/aromatic N) is 1. The molecule has 0 aliphatic rings. The first kappa shape index (κ1) is 22.1. The number of aromatic amines is 1. The molecule has 8 heteroatoms. The minimum atomic E-state index is -0.289. The average Bonchev–Trinajstić information content (AvgIpc) is 3.49. The number of hydrogen-bond donors (Lipinski definition) is 4. The highest BCUT2D eigenvalue weighted by atomic mass is 19.1. The molecule has 0 radical (unpaired) electrons. The van der Waals surface area contributed by atoms with Crippen molar-refractivity contribution >= 4 is 28.5 Å². The zero-order valence-electron chi connectivity index (χ0n) is 18.3. The van der Waals surface area contributed by atoms with E-state index in [1.807, 2.05) is 37.4 Å². The summed E-state index contributed by atoms with van der Waals surface area (Å²) in [5, 5.41) is 10.3. The van der Waals surface area contributed by atoms with Crippen LogP contribution in [0.25, 0.3) is 10.9 Å². The molecule has 0 saturated heterocycles. The fourth-order valence-electron chi connectivity index (χ4n) is 3.48. The molecular weight excluding hydrogens is 421 g/mol. The van der Waals surface area contributed by atoms with Gasteiger partial charge in [0.15, 0.2) is 11.7 Å². The van der Waals surface area contributed by atoms with Crippen LogP contribution in [0, 0.1) is 5.82 Å². The number of anilines is 1. The molecule has 0 fully saturated rings. The summed E-state index contributed by atoms with van der Waals surface area (Å²) in [6, 6.07) is 15.6. The second-order valence-corrected chi connectivity index (χ2v) is 7.50. The van der Waals surface area contributed by atoms with Gasteiger partial charge in [-0.15, -0.1) is 0 Å². The number of H-pyrrole nitrogens is 1. The Morgan fingerprint density at radius 3 is 2.73 bits per heavy atom. The van der Waals surface area contributed by atoms with Crippen molar-refractivity contribution in [2.24, 2.45) is 4.99 Å². The molecule has 2 aromatic carbocycles. The van der Waals surface area contributed by atoms with E-state index in [4.69, 9.17) is 4.42 Å². The van der Waals surface area contributed by atoms with Crippen LogP contribution < -0.4 is 16.0 Å². The highest BCUT2D eigenvalue weighted by molar-refractivity contribution is 6.02. The molecule has 0 spiro atoms. The number of fused-ring (bicyclic) bond motifs is 1. The Balaban J connectivity index is 1.31. The lowest BCUT2D eigenvalue weighted by Crippen LogP contribution is -2.38. The summed E-state index contributed by atoms with van der Waals surface area (Å²) in [4.78, 5) is 19.9. The number of rotatable bonds is 8. The fourth-order valence-corrected chi connectivity index (χ4v) is 3.48. The van der Waals surface area contributed by atoms with Crippen LogP contribution in [0.4, 0.5) is 10.1 Å². The molecule has 0 atom stereocenters. The lowest BCUT2D eigenvalue weighted by atomic mass is 10.1. The van der Waals surface area contributed by atoms with Gasteiger partial charge >= 0.3 is 0 Å². The summed E-state index contributed by atoms with van der Waals surface area (Å²) in [5.74, 6) is 0.446. The van der Waals surface area contributed by atoms with Crippen LogP contribution in [-0.2, 0) is 13.0 Å². The van der Waals surface area contributed by atoms with E-state index in [-0.39, 0.29) is 17.5 Å². The molecule has 0 aliphatic heterocycles.